The van der Waals surface area contributed by atoms with Crippen LogP contribution in [0.5, 0.6) is 0 Å². The van der Waals surface area contributed by atoms with E-state index in [1.165, 1.54) is 5.56 Å². The lowest BCUT2D eigenvalue weighted by atomic mass is 9.96. The molecule has 0 spiro atoms. The van der Waals surface area contributed by atoms with Crippen LogP contribution < -0.4 is 5.32 Å². The Morgan fingerprint density at radius 1 is 1.37 bits per heavy atom. The third kappa shape index (κ3) is 2.55. The lowest BCUT2D eigenvalue weighted by Gasteiger charge is -2.11. The van der Waals surface area contributed by atoms with Crippen LogP contribution in [0.1, 0.15) is 60.0 Å². The van der Waals surface area contributed by atoms with Crippen LogP contribution in [0, 0.1) is 0 Å². The molecule has 0 bridgehead atoms. The standard InChI is InChI=1S/C16H19NO2/c1-2-10-3-6-13-11(8-15(18)14(13)7-10)9-16(19)17-12-4-5-12/h3,6-7,11-12H,2,4-5,8-9H2,1H3,(H,17,19). The van der Waals surface area contributed by atoms with E-state index in [2.05, 4.69) is 18.3 Å². The van der Waals surface area contributed by atoms with E-state index in [1.807, 2.05) is 12.1 Å². The molecule has 100 valence electrons. The van der Waals surface area contributed by atoms with Crippen LogP contribution in [0.25, 0.3) is 0 Å². The average Bonchev–Trinajstić information content (AvgIpc) is 3.15. The number of aryl methyl sites for hydroxylation is 1. The third-order valence-corrected chi connectivity index (χ3v) is 4.07. The monoisotopic (exact) mass is 257 g/mol. The number of ketones is 1. The van der Waals surface area contributed by atoms with E-state index in [0.717, 1.165) is 30.4 Å². The first-order valence-electron chi connectivity index (χ1n) is 7.12. The zero-order chi connectivity index (χ0) is 13.4. The summed E-state index contributed by atoms with van der Waals surface area (Å²) in [6, 6.07) is 6.50. The van der Waals surface area contributed by atoms with Gasteiger partial charge in [-0.2, -0.15) is 0 Å². The van der Waals surface area contributed by atoms with Crippen LogP contribution >= 0.6 is 0 Å². The van der Waals surface area contributed by atoms with Crippen molar-refractivity contribution in [2.45, 2.75) is 51.0 Å². The fraction of sp³-hybridized carbons (Fsp3) is 0.500. The van der Waals surface area contributed by atoms with Crippen molar-refractivity contribution in [1.82, 2.24) is 5.32 Å². The molecular weight excluding hydrogens is 238 g/mol. The minimum absolute atomic E-state index is 0.0761. The summed E-state index contributed by atoms with van der Waals surface area (Å²) in [5.41, 5.74) is 3.09. The maximum absolute atomic E-state index is 12.0. The number of fused-ring (bicyclic) bond motifs is 1. The third-order valence-electron chi connectivity index (χ3n) is 4.07. The van der Waals surface area contributed by atoms with Gasteiger partial charge in [-0.25, -0.2) is 0 Å². The lowest BCUT2D eigenvalue weighted by molar-refractivity contribution is -0.121. The van der Waals surface area contributed by atoms with Gasteiger partial charge in [0.15, 0.2) is 5.78 Å². The molecule has 3 nitrogen and oxygen atoms in total. The van der Waals surface area contributed by atoms with Gasteiger partial charge < -0.3 is 5.32 Å². The van der Waals surface area contributed by atoms with Crippen molar-refractivity contribution < 1.29 is 9.59 Å². The predicted molar refractivity (Wildman–Crippen MR) is 73.3 cm³/mol. The van der Waals surface area contributed by atoms with Gasteiger partial charge in [0.25, 0.3) is 0 Å². The topological polar surface area (TPSA) is 46.2 Å². The van der Waals surface area contributed by atoms with E-state index in [1.54, 1.807) is 0 Å². The van der Waals surface area contributed by atoms with Crippen LogP contribution in [0.15, 0.2) is 18.2 Å². The number of hydrogen-bond acceptors (Lipinski definition) is 2. The Hall–Kier alpha value is -1.64. The highest BCUT2D eigenvalue weighted by atomic mass is 16.1. The van der Waals surface area contributed by atoms with E-state index >= 15 is 0 Å². The normalized spacial score (nSPS) is 21.3. The minimum atomic E-state index is 0.0761. The van der Waals surface area contributed by atoms with Crippen LogP contribution in [-0.4, -0.2) is 17.7 Å². The van der Waals surface area contributed by atoms with E-state index in [0.29, 0.717) is 18.9 Å². The molecule has 1 fully saturated rings. The van der Waals surface area contributed by atoms with Crippen molar-refractivity contribution in [2.75, 3.05) is 0 Å². The fourth-order valence-corrected chi connectivity index (χ4v) is 2.78. The van der Waals surface area contributed by atoms with E-state index in [9.17, 15) is 9.59 Å². The minimum Gasteiger partial charge on any atom is -0.353 e. The Morgan fingerprint density at radius 2 is 2.16 bits per heavy atom. The molecule has 19 heavy (non-hydrogen) atoms. The molecule has 2 aliphatic rings. The molecule has 1 amide bonds. The Kier molecular flexibility index (Phi) is 3.13. The van der Waals surface area contributed by atoms with Gasteiger partial charge in [0, 0.05) is 30.4 Å². The molecule has 0 heterocycles. The molecule has 1 N–H and O–H groups in total. The van der Waals surface area contributed by atoms with Crippen molar-refractivity contribution in [3.63, 3.8) is 0 Å². The second-order valence-electron chi connectivity index (χ2n) is 5.65. The molecule has 3 rings (SSSR count). The van der Waals surface area contributed by atoms with Gasteiger partial charge in [0.2, 0.25) is 5.91 Å². The number of nitrogens with one attached hydrogen (secondary N) is 1. The van der Waals surface area contributed by atoms with Crippen molar-refractivity contribution >= 4 is 11.7 Å². The number of rotatable bonds is 4. The molecular formula is C16H19NO2. The van der Waals surface area contributed by atoms with Gasteiger partial charge >= 0.3 is 0 Å². The molecule has 1 atom stereocenters. The average molecular weight is 257 g/mol. The zero-order valence-corrected chi connectivity index (χ0v) is 11.2. The fourth-order valence-electron chi connectivity index (χ4n) is 2.78. The molecule has 1 aromatic carbocycles. The Morgan fingerprint density at radius 3 is 2.84 bits per heavy atom. The van der Waals surface area contributed by atoms with Gasteiger partial charge in [-0.05, 0) is 36.5 Å². The zero-order valence-electron chi connectivity index (χ0n) is 11.2. The lowest BCUT2D eigenvalue weighted by Crippen LogP contribution is -2.26. The number of carbonyl (C=O) groups is 2. The molecule has 0 saturated heterocycles. The number of carbonyl (C=O) groups excluding carboxylic acids is 2. The molecule has 0 radical (unpaired) electrons. The number of hydrogen-bond donors (Lipinski definition) is 1. The van der Waals surface area contributed by atoms with Crippen LogP contribution in [0.3, 0.4) is 0 Å². The summed E-state index contributed by atoms with van der Waals surface area (Å²) in [6.45, 7) is 2.09. The van der Waals surface area contributed by atoms with Crippen LogP contribution in [0.4, 0.5) is 0 Å². The smallest absolute Gasteiger partial charge is 0.220 e. The largest absolute Gasteiger partial charge is 0.353 e. The Bertz CT molecular complexity index is 532. The summed E-state index contributed by atoms with van der Waals surface area (Å²) in [6.07, 6.45) is 4.08. The first kappa shape index (κ1) is 12.4. The number of benzene rings is 1. The second kappa shape index (κ2) is 4.80. The highest BCUT2D eigenvalue weighted by Crippen LogP contribution is 2.36. The summed E-state index contributed by atoms with van der Waals surface area (Å²) in [7, 11) is 0. The molecule has 1 aromatic rings. The summed E-state index contributed by atoms with van der Waals surface area (Å²) < 4.78 is 0. The summed E-state index contributed by atoms with van der Waals surface area (Å²) >= 11 is 0. The molecule has 0 aromatic heterocycles. The quantitative estimate of drug-likeness (QED) is 0.901. The first-order valence-corrected chi connectivity index (χ1v) is 7.12. The van der Waals surface area contributed by atoms with Crippen molar-refractivity contribution in [3.8, 4) is 0 Å². The van der Waals surface area contributed by atoms with E-state index in [-0.39, 0.29) is 17.6 Å². The van der Waals surface area contributed by atoms with E-state index in [4.69, 9.17) is 0 Å². The predicted octanol–water partition coefficient (Wildman–Crippen LogP) is 2.59. The van der Waals surface area contributed by atoms with Gasteiger partial charge in [-0.1, -0.05) is 19.1 Å². The summed E-state index contributed by atoms with van der Waals surface area (Å²) in [4.78, 5) is 23.9. The van der Waals surface area contributed by atoms with Gasteiger partial charge in [0.05, 0.1) is 0 Å². The maximum atomic E-state index is 12.0. The van der Waals surface area contributed by atoms with Crippen LogP contribution in [-0.2, 0) is 11.2 Å². The second-order valence-corrected chi connectivity index (χ2v) is 5.65. The van der Waals surface area contributed by atoms with Gasteiger partial charge in [0.1, 0.15) is 0 Å². The molecule has 3 heteroatoms. The van der Waals surface area contributed by atoms with Crippen LogP contribution in [0.2, 0.25) is 0 Å². The summed E-state index contributed by atoms with van der Waals surface area (Å²) in [5, 5.41) is 3.00. The maximum Gasteiger partial charge on any atom is 0.220 e. The molecule has 1 unspecified atom stereocenters. The summed E-state index contributed by atoms with van der Waals surface area (Å²) in [5.74, 6) is 0.356. The van der Waals surface area contributed by atoms with Gasteiger partial charge in [-0.15, -0.1) is 0 Å². The van der Waals surface area contributed by atoms with Crippen molar-refractivity contribution in [2.24, 2.45) is 0 Å². The van der Waals surface area contributed by atoms with Gasteiger partial charge in [-0.3, -0.25) is 9.59 Å². The molecule has 2 aliphatic carbocycles. The highest BCUT2D eigenvalue weighted by molar-refractivity contribution is 6.02. The Balaban J connectivity index is 1.75. The van der Waals surface area contributed by atoms with Crippen molar-refractivity contribution in [1.29, 1.82) is 0 Å². The van der Waals surface area contributed by atoms with E-state index < -0.39 is 0 Å². The Labute approximate surface area is 113 Å². The molecule has 1 saturated carbocycles. The molecule has 0 aliphatic heterocycles. The number of Topliss-reactive ketones (excluding diaryl/α,β-unsaturated/α-hetero) is 1. The SMILES string of the molecule is CCc1ccc2c(c1)C(=O)CC2CC(=O)NC1CC1. The van der Waals surface area contributed by atoms with Crippen molar-refractivity contribution in [3.05, 3.63) is 34.9 Å². The first-order chi connectivity index (χ1) is 9.17. The number of amides is 1. The highest BCUT2D eigenvalue weighted by Gasteiger charge is 2.32.